The predicted molar refractivity (Wildman–Crippen MR) is 89.9 cm³/mol. The highest BCUT2D eigenvalue weighted by Crippen LogP contribution is 2.53. The normalized spacial score (nSPS) is 33.5. The first-order valence-corrected chi connectivity index (χ1v) is 10.5. The van der Waals surface area contributed by atoms with Crippen molar-refractivity contribution in [3.8, 4) is 0 Å². The van der Waals surface area contributed by atoms with Crippen LogP contribution in [0.3, 0.4) is 0 Å². The van der Waals surface area contributed by atoms with E-state index in [2.05, 4.69) is 4.52 Å². The first-order valence-electron chi connectivity index (χ1n) is 7.38. The lowest BCUT2D eigenvalue weighted by Gasteiger charge is -2.29. The summed E-state index contributed by atoms with van der Waals surface area (Å²) in [7, 11) is 0.350. The quantitative estimate of drug-likeness (QED) is 0.511. The maximum Gasteiger partial charge on any atom is 0.473 e. The molecule has 2 radical (unpaired) electrons. The van der Waals surface area contributed by atoms with Crippen molar-refractivity contribution in [2.45, 2.75) is 50.8 Å². The van der Waals surface area contributed by atoms with Crippen LogP contribution in [0.1, 0.15) is 27.2 Å². The molecular weight excluding hydrogens is 357 g/mol. The Hall–Kier alpha value is 0.0249. The minimum atomic E-state index is -4.35. The molecule has 0 amide bonds. The van der Waals surface area contributed by atoms with Gasteiger partial charge in [0, 0.05) is 26.0 Å². The Balaban J connectivity index is 2.89. The summed E-state index contributed by atoms with van der Waals surface area (Å²) in [5, 5.41) is 0. The molecular formula is C13H25BO8P2. The zero-order valence-corrected chi connectivity index (χ0v) is 16.3. The predicted octanol–water partition coefficient (Wildman–Crippen LogP) is 2.62. The second-order valence-corrected chi connectivity index (χ2v) is 9.72. The average Bonchev–Trinajstić information content (AvgIpc) is 2.69. The number of rotatable bonds is 7. The highest BCUT2D eigenvalue weighted by atomic mass is 31.2. The molecule has 1 rings (SSSR count). The second-order valence-electron chi connectivity index (χ2n) is 6.59. The Kier molecular flexibility index (Phi) is 7.49. The third-order valence-electron chi connectivity index (χ3n) is 3.41. The number of phosphoric ester groups is 1. The zero-order valence-electron chi connectivity index (χ0n) is 14.5. The minimum Gasteiger partial charge on any atom is -0.378 e. The molecule has 0 bridgehead atoms. The number of phosphoric acid groups is 1. The van der Waals surface area contributed by atoms with Crippen LogP contribution in [0.5, 0.6) is 0 Å². The third kappa shape index (κ3) is 6.73. The van der Waals surface area contributed by atoms with Gasteiger partial charge < -0.3 is 19.0 Å². The van der Waals surface area contributed by atoms with E-state index in [1.54, 1.807) is 20.8 Å². The highest BCUT2D eigenvalue weighted by Gasteiger charge is 2.45. The molecule has 24 heavy (non-hydrogen) atoms. The largest absolute Gasteiger partial charge is 0.473 e. The number of methoxy groups -OCH3 is 1. The fourth-order valence-corrected chi connectivity index (χ4v) is 4.39. The van der Waals surface area contributed by atoms with Gasteiger partial charge in [-0.15, -0.1) is 0 Å². The topological polar surface area (TPSA) is 112 Å². The van der Waals surface area contributed by atoms with Gasteiger partial charge >= 0.3 is 15.4 Å². The van der Waals surface area contributed by atoms with Crippen molar-refractivity contribution in [2.75, 3.05) is 14.2 Å². The fraction of sp³-hybridized carbons (Fsp3) is 0.846. The molecule has 0 heterocycles. The van der Waals surface area contributed by atoms with Gasteiger partial charge in [-0.05, 0) is 33.0 Å². The van der Waals surface area contributed by atoms with Gasteiger partial charge in [0.1, 0.15) is 0 Å². The SMILES string of the molecule is [B][C@@H]1C[C@H](/C=C/P(=O)(O)OC)[C@@H](OC)[C@H]1OP(=O)(O)OC(C)(C)C. The summed E-state index contributed by atoms with van der Waals surface area (Å²) in [6.45, 7) is 4.87. The maximum atomic E-state index is 12.1. The van der Waals surface area contributed by atoms with Crippen LogP contribution in [-0.2, 0) is 27.4 Å². The molecule has 0 aromatic carbocycles. The van der Waals surface area contributed by atoms with Gasteiger partial charge in [0.15, 0.2) is 0 Å². The van der Waals surface area contributed by atoms with E-state index < -0.39 is 39.0 Å². The number of hydrogen-bond acceptors (Lipinski definition) is 6. The number of hydrogen-bond donors (Lipinski definition) is 2. The van der Waals surface area contributed by atoms with Gasteiger partial charge in [-0.25, -0.2) is 4.57 Å². The Morgan fingerprint density at radius 2 is 1.75 bits per heavy atom. The molecule has 1 saturated carbocycles. The minimum absolute atomic E-state index is 0.346. The van der Waals surface area contributed by atoms with Crippen molar-refractivity contribution >= 4 is 23.3 Å². The van der Waals surface area contributed by atoms with E-state index in [0.29, 0.717) is 6.42 Å². The summed E-state index contributed by atoms with van der Waals surface area (Å²) in [5.41, 5.74) is -0.878. The zero-order chi connectivity index (χ0) is 18.8. The van der Waals surface area contributed by atoms with Gasteiger partial charge in [0.2, 0.25) is 0 Å². The molecule has 2 N–H and O–H groups in total. The number of ether oxygens (including phenoxy) is 1. The van der Waals surface area contributed by atoms with Crippen LogP contribution in [-0.4, -0.2) is 49.7 Å². The average molecular weight is 382 g/mol. The van der Waals surface area contributed by atoms with Crippen molar-refractivity contribution in [1.82, 2.24) is 0 Å². The van der Waals surface area contributed by atoms with E-state index in [1.807, 2.05) is 0 Å². The molecule has 0 aliphatic heterocycles. The molecule has 11 heteroatoms. The molecule has 1 aliphatic carbocycles. The van der Waals surface area contributed by atoms with E-state index >= 15 is 0 Å². The summed E-state index contributed by atoms with van der Waals surface area (Å²) < 4.78 is 43.7. The molecule has 6 atom stereocenters. The lowest BCUT2D eigenvalue weighted by Crippen LogP contribution is -2.31. The van der Waals surface area contributed by atoms with Crippen LogP contribution in [0.4, 0.5) is 0 Å². The van der Waals surface area contributed by atoms with Crippen molar-refractivity contribution in [2.24, 2.45) is 5.92 Å². The first kappa shape index (κ1) is 22.1. The van der Waals surface area contributed by atoms with Crippen LogP contribution >= 0.6 is 15.4 Å². The Morgan fingerprint density at radius 1 is 1.17 bits per heavy atom. The van der Waals surface area contributed by atoms with Crippen molar-refractivity contribution in [3.05, 3.63) is 11.9 Å². The van der Waals surface area contributed by atoms with Crippen LogP contribution in [0, 0.1) is 5.92 Å². The monoisotopic (exact) mass is 382 g/mol. The van der Waals surface area contributed by atoms with Gasteiger partial charge in [0.25, 0.3) is 0 Å². The summed E-state index contributed by atoms with van der Waals surface area (Å²) >= 11 is 0. The van der Waals surface area contributed by atoms with Crippen molar-refractivity contribution < 1.29 is 37.2 Å². The van der Waals surface area contributed by atoms with Crippen molar-refractivity contribution in [1.29, 1.82) is 0 Å². The van der Waals surface area contributed by atoms with E-state index in [9.17, 15) is 18.9 Å². The lowest BCUT2D eigenvalue weighted by atomic mass is 9.84. The molecule has 2 unspecified atom stereocenters. The summed E-state index contributed by atoms with van der Waals surface area (Å²) in [5.74, 6) is 0.0673. The third-order valence-corrected chi connectivity index (χ3v) is 5.77. The van der Waals surface area contributed by atoms with E-state index in [4.69, 9.17) is 21.6 Å². The van der Waals surface area contributed by atoms with Crippen LogP contribution in [0.15, 0.2) is 11.9 Å². The molecule has 138 valence electrons. The Bertz CT molecular complexity index is 547. The lowest BCUT2D eigenvalue weighted by molar-refractivity contribution is -0.0215. The van der Waals surface area contributed by atoms with E-state index in [-0.39, 0.29) is 5.92 Å². The standard InChI is InChI=1S/C13H25BO8P2/c1-13(2,3)22-24(17,18)21-12-10(14)8-9(11(12)19-4)6-7-23(15,16)20-5/h6-7,9-12H,8H2,1-5H3,(H,15,16)(H,17,18)/b7-6+/t9-,10+,11+,12-/m0/s1. The van der Waals surface area contributed by atoms with Gasteiger partial charge in [-0.3, -0.25) is 13.6 Å². The van der Waals surface area contributed by atoms with E-state index in [0.717, 1.165) is 12.9 Å². The summed E-state index contributed by atoms with van der Waals surface area (Å²) in [6.07, 6.45) is 0.230. The van der Waals surface area contributed by atoms with Gasteiger partial charge in [0.05, 0.1) is 25.7 Å². The fourth-order valence-electron chi connectivity index (χ4n) is 2.51. The molecule has 0 aromatic rings. The maximum absolute atomic E-state index is 12.1. The molecule has 0 aromatic heterocycles. The van der Waals surface area contributed by atoms with Gasteiger partial charge in [-0.2, -0.15) is 0 Å². The Labute approximate surface area is 144 Å². The van der Waals surface area contributed by atoms with Crippen molar-refractivity contribution in [3.63, 3.8) is 0 Å². The van der Waals surface area contributed by atoms with Gasteiger partial charge in [-0.1, -0.05) is 6.08 Å². The second kappa shape index (κ2) is 8.15. The summed E-state index contributed by atoms with van der Waals surface area (Å²) in [4.78, 5) is 19.3. The Morgan fingerprint density at radius 3 is 2.21 bits per heavy atom. The molecule has 1 aliphatic rings. The van der Waals surface area contributed by atoms with Crippen LogP contribution in [0.25, 0.3) is 0 Å². The van der Waals surface area contributed by atoms with Crippen LogP contribution < -0.4 is 0 Å². The smallest absolute Gasteiger partial charge is 0.378 e. The highest BCUT2D eigenvalue weighted by molar-refractivity contribution is 7.56. The van der Waals surface area contributed by atoms with Crippen LogP contribution in [0.2, 0.25) is 5.82 Å². The molecule has 1 fully saturated rings. The first-order chi connectivity index (χ1) is 10.8. The molecule has 8 nitrogen and oxygen atoms in total. The van der Waals surface area contributed by atoms with E-state index in [1.165, 1.54) is 13.2 Å². The summed E-state index contributed by atoms with van der Waals surface area (Å²) in [6, 6.07) is 0. The molecule has 0 spiro atoms. The molecule has 0 saturated heterocycles.